The third-order valence-corrected chi connectivity index (χ3v) is 5.04. The van der Waals surface area contributed by atoms with Crippen molar-refractivity contribution in [1.82, 2.24) is 10.2 Å². The second-order valence-corrected chi connectivity index (χ2v) is 7.18. The van der Waals surface area contributed by atoms with Crippen molar-refractivity contribution in [2.75, 3.05) is 13.2 Å². The first-order valence-electron chi connectivity index (χ1n) is 7.85. The fourth-order valence-corrected chi connectivity index (χ4v) is 4.01. The van der Waals surface area contributed by atoms with Crippen molar-refractivity contribution in [2.45, 2.75) is 51.4 Å². The molecule has 0 aromatic carbocycles. The molecule has 1 N–H and O–H groups in total. The number of carbonyl (C=O) groups excluding carboxylic acids is 1. The van der Waals surface area contributed by atoms with E-state index in [0.717, 1.165) is 32.5 Å². The van der Waals surface area contributed by atoms with Crippen molar-refractivity contribution in [1.29, 1.82) is 0 Å². The number of ether oxygens (including phenoxy) is 1. The van der Waals surface area contributed by atoms with Crippen LogP contribution in [0.3, 0.4) is 0 Å². The monoisotopic (exact) mass is 308 g/mol. The molecule has 2 aliphatic rings. The van der Waals surface area contributed by atoms with E-state index in [4.69, 9.17) is 4.74 Å². The van der Waals surface area contributed by atoms with Gasteiger partial charge in [0.25, 0.3) is 0 Å². The van der Waals surface area contributed by atoms with Gasteiger partial charge in [0.05, 0.1) is 6.04 Å². The summed E-state index contributed by atoms with van der Waals surface area (Å²) in [5, 5.41) is 7.79. The van der Waals surface area contributed by atoms with E-state index in [1.165, 1.54) is 5.56 Å². The molecule has 2 unspecified atom stereocenters. The normalized spacial score (nSPS) is 27.8. The fraction of sp³-hybridized carbons (Fsp3) is 0.688. The van der Waals surface area contributed by atoms with Gasteiger partial charge in [-0.3, -0.25) is 10.1 Å². The van der Waals surface area contributed by atoms with E-state index in [0.29, 0.717) is 12.0 Å². The predicted octanol–water partition coefficient (Wildman–Crippen LogP) is 2.77. The Balaban J connectivity index is 1.83. The minimum Gasteiger partial charge on any atom is -0.381 e. The number of nitrogens with one attached hydrogen (secondary N) is 1. The molecule has 2 saturated heterocycles. The molecule has 0 spiro atoms. The summed E-state index contributed by atoms with van der Waals surface area (Å²) in [5.74, 6) is 0.788. The molecule has 0 aliphatic carbocycles. The summed E-state index contributed by atoms with van der Waals surface area (Å²) in [7, 11) is 0. The molecule has 0 saturated carbocycles. The summed E-state index contributed by atoms with van der Waals surface area (Å²) in [6, 6.07) is 2.39. The van der Waals surface area contributed by atoms with E-state index in [1.807, 2.05) is 0 Å². The summed E-state index contributed by atoms with van der Waals surface area (Å²) in [6.07, 6.45) is 2.83. The van der Waals surface area contributed by atoms with Crippen LogP contribution in [0.1, 0.15) is 44.8 Å². The second-order valence-electron chi connectivity index (χ2n) is 6.40. The van der Waals surface area contributed by atoms with Gasteiger partial charge in [0.15, 0.2) is 0 Å². The number of carbonyl (C=O) groups is 1. The molecule has 1 aromatic heterocycles. The Kier molecular flexibility index (Phi) is 4.62. The lowest BCUT2D eigenvalue weighted by molar-refractivity contribution is -0.134. The summed E-state index contributed by atoms with van der Waals surface area (Å²) in [5.41, 5.74) is 1.21. The number of hydrogen-bond donors (Lipinski definition) is 1. The van der Waals surface area contributed by atoms with Crippen LogP contribution < -0.4 is 5.32 Å². The Morgan fingerprint density at radius 3 is 2.81 bits per heavy atom. The van der Waals surface area contributed by atoms with Crippen molar-refractivity contribution in [3.63, 3.8) is 0 Å². The lowest BCUT2D eigenvalue weighted by atomic mass is 10.0. The Morgan fingerprint density at radius 1 is 1.43 bits per heavy atom. The summed E-state index contributed by atoms with van der Waals surface area (Å²) < 4.78 is 5.46. The zero-order valence-electron chi connectivity index (χ0n) is 12.7. The highest BCUT2D eigenvalue weighted by atomic mass is 32.1. The van der Waals surface area contributed by atoms with Crippen LogP contribution in [0, 0.1) is 5.92 Å². The van der Waals surface area contributed by atoms with E-state index in [9.17, 15) is 4.79 Å². The average molecular weight is 308 g/mol. The van der Waals surface area contributed by atoms with Crippen molar-refractivity contribution in [2.24, 2.45) is 5.92 Å². The largest absolute Gasteiger partial charge is 0.381 e. The molecule has 0 bridgehead atoms. The van der Waals surface area contributed by atoms with Crippen LogP contribution >= 0.6 is 11.3 Å². The van der Waals surface area contributed by atoms with Crippen LogP contribution in [-0.4, -0.2) is 36.1 Å². The van der Waals surface area contributed by atoms with Crippen LogP contribution in [0.2, 0.25) is 0 Å². The predicted molar refractivity (Wildman–Crippen MR) is 84.1 cm³/mol. The van der Waals surface area contributed by atoms with Crippen LogP contribution in [-0.2, 0) is 9.53 Å². The number of rotatable bonds is 4. The highest BCUT2D eigenvalue weighted by Gasteiger charge is 2.43. The minimum atomic E-state index is -0.0438. The number of nitrogens with zero attached hydrogens (tertiary/aromatic N) is 1. The van der Waals surface area contributed by atoms with Gasteiger partial charge in [0.1, 0.15) is 6.17 Å². The molecule has 2 atom stereocenters. The smallest absolute Gasteiger partial charge is 0.241 e. The molecule has 2 aliphatic heterocycles. The molecule has 2 fully saturated rings. The first-order chi connectivity index (χ1) is 10.2. The molecule has 116 valence electrons. The van der Waals surface area contributed by atoms with Crippen molar-refractivity contribution in [3.05, 3.63) is 22.4 Å². The standard InChI is InChI=1S/C16H24N2O2S/c1-11(2)9-14-16(19)18(13-3-6-20-7-4-13)15(17-14)12-5-8-21-10-12/h5,8,10-11,13-15,17H,3-4,6-7,9H2,1-2H3. The van der Waals surface area contributed by atoms with Crippen LogP contribution in [0.5, 0.6) is 0 Å². The molecule has 1 aromatic rings. The van der Waals surface area contributed by atoms with Crippen molar-refractivity contribution < 1.29 is 9.53 Å². The fourth-order valence-electron chi connectivity index (χ4n) is 3.33. The van der Waals surface area contributed by atoms with Gasteiger partial charge < -0.3 is 9.64 Å². The van der Waals surface area contributed by atoms with E-state index >= 15 is 0 Å². The number of amides is 1. The third kappa shape index (κ3) is 3.15. The van der Waals surface area contributed by atoms with Crippen molar-refractivity contribution in [3.8, 4) is 0 Å². The van der Waals surface area contributed by atoms with Gasteiger partial charge in [0.2, 0.25) is 5.91 Å². The Labute approximate surface area is 130 Å². The molecular weight excluding hydrogens is 284 g/mol. The third-order valence-electron chi connectivity index (χ3n) is 4.34. The molecule has 3 heterocycles. The van der Waals surface area contributed by atoms with Crippen LogP contribution in [0.4, 0.5) is 0 Å². The van der Waals surface area contributed by atoms with Crippen molar-refractivity contribution >= 4 is 17.2 Å². The summed E-state index contributed by atoms with van der Waals surface area (Å²) in [4.78, 5) is 15.0. The van der Waals surface area contributed by atoms with Crippen LogP contribution in [0.15, 0.2) is 16.8 Å². The van der Waals surface area contributed by atoms with Gasteiger partial charge in [-0.1, -0.05) is 13.8 Å². The SMILES string of the molecule is CC(C)CC1NC(c2ccsc2)N(C2CCOCC2)C1=O. The van der Waals surface area contributed by atoms with E-state index < -0.39 is 0 Å². The molecule has 21 heavy (non-hydrogen) atoms. The van der Waals surface area contributed by atoms with E-state index in [-0.39, 0.29) is 18.1 Å². The zero-order chi connectivity index (χ0) is 14.8. The van der Waals surface area contributed by atoms with Gasteiger partial charge >= 0.3 is 0 Å². The maximum atomic E-state index is 12.9. The maximum Gasteiger partial charge on any atom is 0.241 e. The first-order valence-corrected chi connectivity index (χ1v) is 8.79. The lowest BCUT2D eigenvalue weighted by Gasteiger charge is -2.35. The zero-order valence-corrected chi connectivity index (χ0v) is 13.6. The first kappa shape index (κ1) is 15.0. The maximum absolute atomic E-state index is 12.9. The van der Waals surface area contributed by atoms with Gasteiger partial charge in [-0.05, 0) is 47.6 Å². The molecule has 1 amide bonds. The molecule has 3 rings (SSSR count). The molecule has 5 heteroatoms. The highest BCUT2D eigenvalue weighted by molar-refractivity contribution is 7.07. The Morgan fingerprint density at radius 2 is 2.19 bits per heavy atom. The summed E-state index contributed by atoms with van der Waals surface area (Å²) in [6.45, 7) is 5.87. The molecular formula is C16H24N2O2S. The van der Waals surface area contributed by atoms with Gasteiger partial charge in [-0.25, -0.2) is 0 Å². The quantitative estimate of drug-likeness (QED) is 0.930. The van der Waals surface area contributed by atoms with Gasteiger partial charge in [0, 0.05) is 19.3 Å². The highest BCUT2D eigenvalue weighted by Crippen LogP contribution is 2.33. The Hall–Kier alpha value is -0.910. The number of hydrogen-bond acceptors (Lipinski definition) is 4. The minimum absolute atomic E-state index is 0.0376. The average Bonchev–Trinajstić information content (AvgIpc) is 3.08. The van der Waals surface area contributed by atoms with Gasteiger partial charge in [-0.15, -0.1) is 0 Å². The summed E-state index contributed by atoms with van der Waals surface area (Å²) >= 11 is 1.69. The van der Waals surface area contributed by atoms with Gasteiger partial charge in [-0.2, -0.15) is 11.3 Å². The molecule has 0 radical (unpaired) electrons. The second kappa shape index (κ2) is 6.46. The molecule has 4 nitrogen and oxygen atoms in total. The topological polar surface area (TPSA) is 41.6 Å². The van der Waals surface area contributed by atoms with Crippen LogP contribution in [0.25, 0.3) is 0 Å². The lowest BCUT2D eigenvalue weighted by Crippen LogP contribution is -2.43. The van der Waals surface area contributed by atoms with E-state index in [2.05, 4.69) is 40.9 Å². The van der Waals surface area contributed by atoms with E-state index in [1.54, 1.807) is 11.3 Å². The Bertz CT molecular complexity index is 469. The number of thiophene rings is 1.